The molecule has 1 rings (SSSR count). The number of hydrogen-bond donors (Lipinski definition) is 2. The van der Waals surface area contributed by atoms with Gasteiger partial charge in [0.05, 0.1) is 6.42 Å². The maximum absolute atomic E-state index is 12.2. The molecule has 0 aliphatic carbocycles. The van der Waals surface area contributed by atoms with E-state index in [1.165, 1.54) is 0 Å². The Balaban J connectivity index is 2.82. The highest BCUT2D eigenvalue weighted by Crippen LogP contribution is 2.13. The Bertz CT molecular complexity index is 449. The van der Waals surface area contributed by atoms with Gasteiger partial charge in [0.2, 0.25) is 0 Å². The predicted molar refractivity (Wildman–Crippen MR) is 73.2 cm³/mol. The summed E-state index contributed by atoms with van der Waals surface area (Å²) in [5.74, 6) is -1.06. The van der Waals surface area contributed by atoms with Gasteiger partial charge in [-0.15, -0.1) is 0 Å². The summed E-state index contributed by atoms with van der Waals surface area (Å²) in [6.45, 7) is 7.78. The number of carboxylic acid groups (broad SMARTS) is 1. The molecule has 1 aromatic rings. The minimum Gasteiger partial charge on any atom is -0.481 e. The summed E-state index contributed by atoms with van der Waals surface area (Å²) in [5, 5.41) is 11.7. The van der Waals surface area contributed by atoms with Crippen LogP contribution in [0.25, 0.3) is 0 Å². The van der Waals surface area contributed by atoms with Gasteiger partial charge in [-0.1, -0.05) is 13.8 Å². The van der Waals surface area contributed by atoms with Crippen molar-refractivity contribution in [1.82, 2.24) is 9.88 Å². The Morgan fingerprint density at radius 3 is 2.42 bits per heavy atom. The lowest BCUT2D eigenvalue weighted by molar-refractivity contribution is -0.137. The third kappa shape index (κ3) is 4.12. The molecule has 2 N–H and O–H groups in total. The summed E-state index contributed by atoms with van der Waals surface area (Å²) < 4.78 is 1.87. The van der Waals surface area contributed by atoms with E-state index in [4.69, 9.17) is 5.11 Å². The van der Waals surface area contributed by atoms with Crippen molar-refractivity contribution in [2.24, 2.45) is 5.92 Å². The number of aromatic nitrogens is 1. The molecule has 0 aromatic carbocycles. The average molecular weight is 266 g/mol. The van der Waals surface area contributed by atoms with Crippen molar-refractivity contribution in [2.75, 3.05) is 0 Å². The zero-order valence-electron chi connectivity index (χ0n) is 11.9. The van der Waals surface area contributed by atoms with E-state index in [9.17, 15) is 9.59 Å². The highest BCUT2D eigenvalue weighted by molar-refractivity contribution is 5.93. The van der Waals surface area contributed by atoms with E-state index < -0.39 is 5.97 Å². The first-order valence-corrected chi connectivity index (χ1v) is 6.52. The van der Waals surface area contributed by atoms with Crippen LogP contribution >= 0.6 is 0 Å². The Morgan fingerprint density at radius 2 is 1.95 bits per heavy atom. The van der Waals surface area contributed by atoms with Gasteiger partial charge in [0, 0.05) is 18.3 Å². The molecule has 0 aliphatic rings. The Labute approximate surface area is 113 Å². The highest BCUT2D eigenvalue weighted by atomic mass is 16.4. The van der Waals surface area contributed by atoms with Crippen LogP contribution in [-0.2, 0) is 4.79 Å². The van der Waals surface area contributed by atoms with Gasteiger partial charge in [0.25, 0.3) is 5.91 Å². The molecule has 0 saturated heterocycles. The first-order valence-electron chi connectivity index (χ1n) is 6.52. The standard InChI is InChI=1S/C14H22N2O3/c1-9(2)11(8-13(17)18)15-14(19)12-6-5-7-16(12)10(3)4/h5-7,9-11H,8H2,1-4H3,(H,15,19)(H,17,18). The summed E-state index contributed by atoms with van der Waals surface area (Å²) in [7, 11) is 0. The molecule has 0 saturated carbocycles. The van der Waals surface area contributed by atoms with Crippen molar-refractivity contribution < 1.29 is 14.7 Å². The van der Waals surface area contributed by atoms with Gasteiger partial charge in [-0.3, -0.25) is 9.59 Å². The number of carboxylic acids is 1. The molecule has 5 nitrogen and oxygen atoms in total. The third-order valence-corrected chi connectivity index (χ3v) is 3.08. The molecule has 0 spiro atoms. The largest absolute Gasteiger partial charge is 0.481 e. The van der Waals surface area contributed by atoms with E-state index in [2.05, 4.69) is 5.32 Å². The molecule has 0 radical (unpaired) electrons. The van der Waals surface area contributed by atoms with Gasteiger partial charge in [-0.05, 0) is 31.9 Å². The summed E-state index contributed by atoms with van der Waals surface area (Å²) in [5.41, 5.74) is 0.561. The maximum atomic E-state index is 12.2. The van der Waals surface area contributed by atoms with E-state index >= 15 is 0 Å². The van der Waals surface area contributed by atoms with E-state index in [1.807, 2.05) is 44.5 Å². The molecule has 0 fully saturated rings. The Kier molecular flexibility index (Phi) is 5.15. The number of rotatable bonds is 6. The molecule has 0 aliphatic heterocycles. The molecule has 1 aromatic heterocycles. The lowest BCUT2D eigenvalue weighted by Gasteiger charge is -2.21. The summed E-state index contributed by atoms with van der Waals surface area (Å²) in [4.78, 5) is 23.0. The van der Waals surface area contributed by atoms with Crippen LogP contribution in [0.4, 0.5) is 0 Å². The van der Waals surface area contributed by atoms with Crippen LogP contribution in [0.5, 0.6) is 0 Å². The minimum atomic E-state index is -0.904. The SMILES string of the molecule is CC(C)C(CC(=O)O)NC(=O)c1cccn1C(C)C. The van der Waals surface area contributed by atoms with Crippen molar-refractivity contribution in [2.45, 2.75) is 46.2 Å². The van der Waals surface area contributed by atoms with Gasteiger partial charge in [0.1, 0.15) is 5.69 Å². The molecular formula is C14H22N2O3. The predicted octanol–water partition coefficient (Wildman–Crippen LogP) is 2.30. The Hall–Kier alpha value is -1.78. The van der Waals surface area contributed by atoms with Crippen LogP contribution < -0.4 is 5.32 Å². The quantitative estimate of drug-likeness (QED) is 0.830. The summed E-state index contributed by atoms with van der Waals surface area (Å²) in [6.07, 6.45) is 1.78. The van der Waals surface area contributed by atoms with Gasteiger partial charge >= 0.3 is 5.97 Å². The number of carbonyl (C=O) groups excluding carboxylic acids is 1. The van der Waals surface area contributed by atoms with Crippen LogP contribution in [0.15, 0.2) is 18.3 Å². The van der Waals surface area contributed by atoms with Gasteiger partial charge in [-0.25, -0.2) is 0 Å². The molecule has 1 atom stereocenters. The number of nitrogens with zero attached hydrogens (tertiary/aromatic N) is 1. The van der Waals surface area contributed by atoms with Gasteiger partial charge in [0.15, 0.2) is 0 Å². The van der Waals surface area contributed by atoms with E-state index in [0.717, 1.165) is 0 Å². The molecule has 19 heavy (non-hydrogen) atoms. The zero-order chi connectivity index (χ0) is 14.6. The number of amides is 1. The number of aliphatic carboxylic acids is 1. The fourth-order valence-electron chi connectivity index (χ4n) is 1.92. The molecule has 1 heterocycles. The van der Waals surface area contributed by atoms with Gasteiger partial charge in [-0.2, -0.15) is 0 Å². The second kappa shape index (κ2) is 6.41. The highest BCUT2D eigenvalue weighted by Gasteiger charge is 2.21. The number of nitrogens with one attached hydrogen (secondary N) is 1. The normalized spacial score (nSPS) is 12.7. The van der Waals surface area contributed by atoms with Crippen molar-refractivity contribution in [1.29, 1.82) is 0 Å². The van der Waals surface area contributed by atoms with E-state index in [-0.39, 0.29) is 30.3 Å². The third-order valence-electron chi connectivity index (χ3n) is 3.08. The number of hydrogen-bond acceptors (Lipinski definition) is 2. The fraction of sp³-hybridized carbons (Fsp3) is 0.571. The molecule has 1 amide bonds. The second-order valence-corrected chi connectivity index (χ2v) is 5.32. The van der Waals surface area contributed by atoms with Crippen LogP contribution in [0, 0.1) is 5.92 Å². The van der Waals surface area contributed by atoms with Crippen LogP contribution in [-0.4, -0.2) is 27.6 Å². The Morgan fingerprint density at radius 1 is 1.32 bits per heavy atom. The molecular weight excluding hydrogens is 244 g/mol. The summed E-state index contributed by atoms with van der Waals surface area (Å²) in [6, 6.07) is 3.39. The topological polar surface area (TPSA) is 71.3 Å². The van der Waals surface area contributed by atoms with Crippen molar-refractivity contribution in [3.8, 4) is 0 Å². The molecule has 106 valence electrons. The maximum Gasteiger partial charge on any atom is 0.305 e. The van der Waals surface area contributed by atoms with Crippen molar-refractivity contribution in [3.63, 3.8) is 0 Å². The smallest absolute Gasteiger partial charge is 0.305 e. The van der Waals surface area contributed by atoms with E-state index in [0.29, 0.717) is 5.69 Å². The first kappa shape index (κ1) is 15.3. The van der Waals surface area contributed by atoms with Crippen molar-refractivity contribution >= 4 is 11.9 Å². The number of carbonyl (C=O) groups is 2. The van der Waals surface area contributed by atoms with Crippen molar-refractivity contribution in [3.05, 3.63) is 24.0 Å². The first-order chi connectivity index (χ1) is 8.82. The summed E-state index contributed by atoms with van der Waals surface area (Å²) >= 11 is 0. The lowest BCUT2D eigenvalue weighted by Crippen LogP contribution is -2.40. The molecule has 0 bridgehead atoms. The van der Waals surface area contributed by atoms with Gasteiger partial charge < -0.3 is 15.0 Å². The second-order valence-electron chi connectivity index (χ2n) is 5.32. The van der Waals surface area contributed by atoms with Crippen LogP contribution in [0.1, 0.15) is 50.6 Å². The van der Waals surface area contributed by atoms with E-state index in [1.54, 1.807) is 6.07 Å². The molecule has 1 unspecified atom stereocenters. The van der Waals surface area contributed by atoms with Crippen LogP contribution in [0.3, 0.4) is 0 Å². The van der Waals surface area contributed by atoms with Crippen LogP contribution in [0.2, 0.25) is 0 Å². The molecule has 5 heteroatoms. The lowest BCUT2D eigenvalue weighted by atomic mass is 10.0. The zero-order valence-corrected chi connectivity index (χ0v) is 11.9. The fourth-order valence-corrected chi connectivity index (χ4v) is 1.92. The minimum absolute atomic E-state index is 0.0637. The monoisotopic (exact) mass is 266 g/mol. The average Bonchev–Trinajstić information content (AvgIpc) is 2.76.